The smallest absolute Gasteiger partial charge is 0.122 e. The monoisotopic (exact) mass is 250 g/mol. The third-order valence-corrected chi connectivity index (χ3v) is 3.79. The molecule has 0 aliphatic carbocycles. The lowest BCUT2D eigenvalue weighted by Crippen LogP contribution is -2.27. The molecule has 1 aromatic rings. The van der Waals surface area contributed by atoms with E-state index in [0.29, 0.717) is 12.1 Å². The van der Waals surface area contributed by atoms with Crippen LogP contribution >= 0.6 is 0 Å². The summed E-state index contributed by atoms with van der Waals surface area (Å²) in [6.45, 7) is 12.1. The van der Waals surface area contributed by atoms with Crippen molar-refractivity contribution in [2.75, 3.05) is 6.54 Å². The fourth-order valence-corrected chi connectivity index (χ4v) is 2.79. The lowest BCUT2D eigenvalue weighted by atomic mass is 10.1. The average Bonchev–Trinajstić information content (AvgIpc) is 2.84. The van der Waals surface area contributed by atoms with E-state index in [4.69, 9.17) is 4.42 Å². The van der Waals surface area contributed by atoms with Gasteiger partial charge in [-0.25, -0.2) is 0 Å². The second-order valence-corrected chi connectivity index (χ2v) is 6.02. The number of nitrogens with one attached hydrogen (secondary N) is 1. The van der Waals surface area contributed by atoms with Gasteiger partial charge in [0.25, 0.3) is 0 Å². The van der Waals surface area contributed by atoms with Crippen LogP contribution in [0.1, 0.15) is 45.4 Å². The summed E-state index contributed by atoms with van der Waals surface area (Å²) in [6, 6.07) is 3.31. The summed E-state index contributed by atoms with van der Waals surface area (Å²) < 4.78 is 5.60. The van der Waals surface area contributed by atoms with Crippen molar-refractivity contribution in [2.24, 2.45) is 5.92 Å². The standard InChI is InChI=1S/C15H26N2O/c1-11(2)16-8-15-14(5-6-18-15)10-17-9-12(3)7-13(17)4/h5-6,11-13,16H,7-10H2,1-4H3. The van der Waals surface area contributed by atoms with Crippen LogP contribution < -0.4 is 5.32 Å². The van der Waals surface area contributed by atoms with Gasteiger partial charge in [0.2, 0.25) is 0 Å². The van der Waals surface area contributed by atoms with Gasteiger partial charge in [-0.1, -0.05) is 20.8 Å². The number of hydrogen-bond acceptors (Lipinski definition) is 3. The van der Waals surface area contributed by atoms with Gasteiger partial charge >= 0.3 is 0 Å². The van der Waals surface area contributed by atoms with Crippen LogP contribution in [0, 0.1) is 5.92 Å². The molecule has 1 N–H and O–H groups in total. The molecule has 2 rings (SSSR count). The first-order chi connectivity index (χ1) is 8.56. The van der Waals surface area contributed by atoms with Gasteiger partial charge in [0.05, 0.1) is 12.8 Å². The first kappa shape index (κ1) is 13.6. The average molecular weight is 250 g/mol. The summed E-state index contributed by atoms with van der Waals surface area (Å²) in [6.07, 6.45) is 3.13. The van der Waals surface area contributed by atoms with E-state index in [9.17, 15) is 0 Å². The molecule has 18 heavy (non-hydrogen) atoms. The quantitative estimate of drug-likeness (QED) is 0.871. The molecule has 2 atom stereocenters. The molecule has 0 aromatic carbocycles. The first-order valence-corrected chi connectivity index (χ1v) is 7.09. The second-order valence-electron chi connectivity index (χ2n) is 6.02. The van der Waals surface area contributed by atoms with Gasteiger partial charge in [-0.2, -0.15) is 0 Å². The maximum absolute atomic E-state index is 5.60. The van der Waals surface area contributed by atoms with Crippen molar-refractivity contribution in [2.45, 2.75) is 59.3 Å². The van der Waals surface area contributed by atoms with Crippen LogP contribution in [0.2, 0.25) is 0 Å². The molecule has 1 saturated heterocycles. The second kappa shape index (κ2) is 5.89. The summed E-state index contributed by atoms with van der Waals surface area (Å²) in [4.78, 5) is 2.56. The van der Waals surface area contributed by atoms with Crippen molar-refractivity contribution < 1.29 is 4.42 Å². The predicted octanol–water partition coefficient (Wildman–Crippen LogP) is 3.01. The van der Waals surface area contributed by atoms with Gasteiger partial charge in [0, 0.05) is 30.7 Å². The van der Waals surface area contributed by atoms with E-state index < -0.39 is 0 Å². The van der Waals surface area contributed by atoms with Crippen molar-refractivity contribution in [1.29, 1.82) is 0 Å². The molecule has 1 aromatic heterocycles. The van der Waals surface area contributed by atoms with Crippen LogP contribution in [-0.2, 0) is 13.1 Å². The highest BCUT2D eigenvalue weighted by Gasteiger charge is 2.26. The fourth-order valence-electron chi connectivity index (χ4n) is 2.79. The minimum Gasteiger partial charge on any atom is -0.468 e. The van der Waals surface area contributed by atoms with E-state index in [1.54, 1.807) is 0 Å². The zero-order chi connectivity index (χ0) is 13.1. The summed E-state index contributed by atoms with van der Waals surface area (Å²) in [7, 11) is 0. The van der Waals surface area contributed by atoms with Crippen molar-refractivity contribution in [3.05, 3.63) is 23.7 Å². The van der Waals surface area contributed by atoms with Gasteiger partial charge in [0.1, 0.15) is 5.76 Å². The molecule has 0 saturated carbocycles. The molecular formula is C15H26N2O. The van der Waals surface area contributed by atoms with E-state index in [0.717, 1.165) is 24.8 Å². The molecule has 1 fully saturated rings. The fraction of sp³-hybridized carbons (Fsp3) is 0.733. The highest BCUT2D eigenvalue weighted by atomic mass is 16.3. The maximum atomic E-state index is 5.60. The van der Waals surface area contributed by atoms with Crippen molar-refractivity contribution >= 4 is 0 Å². The number of rotatable bonds is 5. The summed E-state index contributed by atoms with van der Waals surface area (Å²) in [5, 5.41) is 3.42. The highest BCUT2D eigenvalue weighted by Crippen LogP contribution is 2.25. The Bertz CT molecular complexity index is 372. The van der Waals surface area contributed by atoms with Crippen LogP contribution in [0.5, 0.6) is 0 Å². The molecule has 1 aliphatic heterocycles. The summed E-state index contributed by atoms with van der Waals surface area (Å²) >= 11 is 0. The molecule has 3 heteroatoms. The Balaban J connectivity index is 1.95. The molecule has 0 bridgehead atoms. The SMILES string of the molecule is CC1CC(C)N(Cc2ccoc2CNC(C)C)C1. The number of furan rings is 1. The van der Waals surface area contributed by atoms with E-state index >= 15 is 0 Å². The third kappa shape index (κ3) is 3.36. The Hall–Kier alpha value is -0.800. The largest absolute Gasteiger partial charge is 0.468 e. The Morgan fingerprint density at radius 3 is 2.83 bits per heavy atom. The van der Waals surface area contributed by atoms with Crippen LogP contribution in [0.15, 0.2) is 16.7 Å². The number of likely N-dealkylation sites (tertiary alicyclic amines) is 1. The van der Waals surface area contributed by atoms with Gasteiger partial charge in [0.15, 0.2) is 0 Å². The molecule has 102 valence electrons. The van der Waals surface area contributed by atoms with E-state index in [-0.39, 0.29) is 0 Å². The summed E-state index contributed by atoms with van der Waals surface area (Å²) in [5.41, 5.74) is 1.34. The first-order valence-electron chi connectivity index (χ1n) is 7.09. The molecule has 2 heterocycles. The number of hydrogen-bond donors (Lipinski definition) is 1. The molecule has 0 spiro atoms. The Kier molecular flexibility index (Phi) is 4.46. The van der Waals surface area contributed by atoms with E-state index in [2.05, 4.69) is 44.0 Å². The Morgan fingerprint density at radius 1 is 1.44 bits per heavy atom. The lowest BCUT2D eigenvalue weighted by molar-refractivity contribution is 0.254. The zero-order valence-electron chi connectivity index (χ0n) is 12.1. The predicted molar refractivity (Wildman–Crippen MR) is 74.3 cm³/mol. The molecule has 3 nitrogen and oxygen atoms in total. The van der Waals surface area contributed by atoms with Crippen LogP contribution in [-0.4, -0.2) is 23.5 Å². The molecule has 0 amide bonds. The Labute approximate surface area is 111 Å². The molecular weight excluding hydrogens is 224 g/mol. The highest BCUT2D eigenvalue weighted by molar-refractivity contribution is 5.17. The van der Waals surface area contributed by atoms with Crippen LogP contribution in [0.25, 0.3) is 0 Å². The molecule has 2 unspecified atom stereocenters. The van der Waals surface area contributed by atoms with Gasteiger partial charge in [-0.15, -0.1) is 0 Å². The normalized spacial score (nSPS) is 25.2. The lowest BCUT2D eigenvalue weighted by Gasteiger charge is -2.21. The number of nitrogens with zero attached hydrogens (tertiary/aromatic N) is 1. The van der Waals surface area contributed by atoms with E-state index in [1.807, 2.05) is 6.26 Å². The Morgan fingerprint density at radius 2 is 2.22 bits per heavy atom. The topological polar surface area (TPSA) is 28.4 Å². The van der Waals surface area contributed by atoms with Gasteiger partial charge < -0.3 is 9.73 Å². The van der Waals surface area contributed by atoms with Crippen molar-refractivity contribution in [3.8, 4) is 0 Å². The third-order valence-electron chi connectivity index (χ3n) is 3.79. The minimum absolute atomic E-state index is 0.494. The van der Waals surface area contributed by atoms with Crippen LogP contribution in [0.3, 0.4) is 0 Å². The zero-order valence-corrected chi connectivity index (χ0v) is 12.1. The molecule has 1 aliphatic rings. The van der Waals surface area contributed by atoms with E-state index in [1.165, 1.54) is 18.5 Å². The minimum atomic E-state index is 0.494. The van der Waals surface area contributed by atoms with Gasteiger partial charge in [-0.3, -0.25) is 4.90 Å². The van der Waals surface area contributed by atoms with Gasteiger partial charge in [-0.05, 0) is 25.3 Å². The molecule has 0 radical (unpaired) electrons. The van der Waals surface area contributed by atoms with Crippen molar-refractivity contribution in [1.82, 2.24) is 10.2 Å². The van der Waals surface area contributed by atoms with Crippen LogP contribution in [0.4, 0.5) is 0 Å². The maximum Gasteiger partial charge on any atom is 0.122 e. The van der Waals surface area contributed by atoms with Crippen molar-refractivity contribution in [3.63, 3.8) is 0 Å². The summed E-state index contributed by atoms with van der Waals surface area (Å²) in [5.74, 6) is 1.92.